The Labute approximate surface area is 125 Å². The number of carbonyl (C=O) groups excluding carboxylic acids is 1. The Morgan fingerprint density at radius 3 is 2.71 bits per heavy atom. The zero-order chi connectivity index (χ0) is 14.8. The molecule has 0 N–H and O–H groups in total. The molecule has 0 aliphatic heterocycles. The molecule has 3 rings (SSSR count). The van der Waals surface area contributed by atoms with Crippen molar-refractivity contribution < 1.29 is 9.53 Å². The maximum absolute atomic E-state index is 11.4. The van der Waals surface area contributed by atoms with Crippen LogP contribution in [0.4, 0.5) is 0 Å². The van der Waals surface area contributed by atoms with E-state index in [1.165, 1.54) is 13.4 Å². The van der Waals surface area contributed by atoms with Crippen LogP contribution in [0.1, 0.15) is 15.9 Å². The van der Waals surface area contributed by atoms with Crippen LogP contribution >= 0.6 is 11.6 Å². The Balaban J connectivity index is 1.90. The molecule has 6 nitrogen and oxygen atoms in total. The Morgan fingerprint density at radius 2 is 2.00 bits per heavy atom. The molecule has 0 atom stereocenters. The molecule has 0 aliphatic carbocycles. The van der Waals surface area contributed by atoms with Crippen molar-refractivity contribution in [2.45, 2.75) is 6.54 Å². The minimum Gasteiger partial charge on any atom is -0.465 e. The van der Waals surface area contributed by atoms with Gasteiger partial charge in [0, 0.05) is 6.54 Å². The standard InChI is InChI=1S/C14H11ClN4O2/c1-21-14(20)10-4-2-9(3-5-10)6-19-8-18-13-11(19)12(15)16-7-17-13/h2-5,7-8H,6H2,1H3. The molecule has 0 spiro atoms. The Hall–Kier alpha value is -2.47. The lowest BCUT2D eigenvalue weighted by Crippen LogP contribution is -2.03. The van der Waals surface area contributed by atoms with Gasteiger partial charge in [-0.15, -0.1) is 0 Å². The SMILES string of the molecule is COC(=O)c1ccc(Cn2cnc3ncnc(Cl)c32)cc1. The second-order valence-corrected chi connectivity index (χ2v) is 4.76. The van der Waals surface area contributed by atoms with Gasteiger partial charge in [-0.05, 0) is 17.7 Å². The number of ether oxygens (including phenoxy) is 1. The maximum atomic E-state index is 11.4. The molecular weight excluding hydrogens is 292 g/mol. The predicted octanol–water partition coefficient (Wildman–Crippen LogP) is 2.31. The van der Waals surface area contributed by atoms with Crippen molar-refractivity contribution in [2.75, 3.05) is 7.11 Å². The zero-order valence-corrected chi connectivity index (χ0v) is 11.9. The quantitative estimate of drug-likeness (QED) is 0.548. The van der Waals surface area contributed by atoms with Gasteiger partial charge in [0.05, 0.1) is 19.0 Å². The fraction of sp³-hybridized carbons (Fsp3) is 0.143. The molecule has 7 heteroatoms. The van der Waals surface area contributed by atoms with Gasteiger partial charge in [0.25, 0.3) is 0 Å². The predicted molar refractivity (Wildman–Crippen MR) is 77.2 cm³/mol. The van der Waals surface area contributed by atoms with Gasteiger partial charge in [-0.3, -0.25) is 0 Å². The first-order chi connectivity index (χ1) is 10.2. The van der Waals surface area contributed by atoms with Crippen LogP contribution < -0.4 is 0 Å². The molecule has 2 aromatic heterocycles. The minimum absolute atomic E-state index is 0.355. The zero-order valence-electron chi connectivity index (χ0n) is 11.2. The molecule has 106 valence electrons. The lowest BCUT2D eigenvalue weighted by molar-refractivity contribution is 0.0600. The average molecular weight is 303 g/mol. The van der Waals surface area contributed by atoms with Crippen molar-refractivity contribution in [2.24, 2.45) is 0 Å². The number of imidazole rings is 1. The van der Waals surface area contributed by atoms with Crippen LogP contribution in [-0.4, -0.2) is 32.6 Å². The van der Waals surface area contributed by atoms with Gasteiger partial charge < -0.3 is 9.30 Å². The number of halogens is 1. The van der Waals surface area contributed by atoms with Gasteiger partial charge in [0.15, 0.2) is 10.8 Å². The van der Waals surface area contributed by atoms with Gasteiger partial charge >= 0.3 is 5.97 Å². The van der Waals surface area contributed by atoms with Crippen molar-refractivity contribution in [3.8, 4) is 0 Å². The van der Waals surface area contributed by atoms with E-state index in [-0.39, 0.29) is 5.97 Å². The van der Waals surface area contributed by atoms with E-state index in [0.29, 0.717) is 28.4 Å². The van der Waals surface area contributed by atoms with Crippen molar-refractivity contribution >= 4 is 28.7 Å². The van der Waals surface area contributed by atoms with E-state index in [1.807, 2.05) is 16.7 Å². The van der Waals surface area contributed by atoms with E-state index in [0.717, 1.165) is 5.56 Å². The highest BCUT2D eigenvalue weighted by Crippen LogP contribution is 2.19. The summed E-state index contributed by atoms with van der Waals surface area (Å²) in [6.07, 6.45) is 3.05. The first kappa shape index (κ1) is 13.5. The normalized spacial score (nSPS) is 10.8. The van der Waals surface area contributed by atoms with Crippen LogP contribution in [0.3, 0.4) is 0 Å². The average Bonchev–Trinajstić information content (AvgIpc) is 2.92. The topological polar surface area (TPSA) is 69.9 Å². The second-order valence-electron chi connectivity index (χ2n) is 4.40. The summed E-state index contributed by atoms with van der Waals surface area (Å²) >= 11 is 6.08. The van der Waals surface area contributed by atoms with E-state index in [4.69, 9.17) is 11.6 Å². The van der Waals surface area contributed by atoms with Crippen molar-refractivity contribution in [1.29, 1.82) is 0 Å². The summed E-state index contributed by atoms with van der Waals surface area (Å²) in [6, 6.07) is 7.16. The van der Waals surface area contributed by atoms with Crippen molar-refractivity contribution in [3.05, 3.63) is 53.2 Å². The first-order valence-electron chi connectivity index (χ1n) is 6.17. The fourth-order valence-electron chi connectivity index (χ4n) is 2.05. The number of esters is 1. The summed E-state index contributed by atoms with van der Waals surface area (Å²) in [6.45, 7) is 0.561. The highest BCUT2D eigenvalue weighted by molar-refractivity contribution is 6.33. The van der Waals surface area contributed by atoms with Crippen LogP contribution in [0.2, 0.25) is 5.15 Å². The second kappa shape index (κ2) is 5.49. The van der Waals surface area contributed by atoms with E-state index in [2.05, 4.69) is 19.7 Å². The monoisotopic (exact) mass is 302 g/mol. The lowest BCUT2D eigenvalue weighted by atomic mass is 10.1. The van der Waals surface area contributed by atoms with E-state index >= 15 is 0 Å². The van der Waals surface area contributed by atoms with Crippen LogP contribution in [0, 0.1) is 0 Å². The van der Waals surface area contributed by atoms with Crippen molar-refractivity contribution in [3.63, 3.8) is 0 Å². The molecule has 1 aromatic carbocycles. The molecule has 0 amide bonds. The van der Waals surface area contributed by atoms with Gasteiger partial charge in [-0.1, -0.05) is 23.7 Å². The number of benzene rings is 1. The minimum atomic E-state index is -0.355. The van der Waals surface area contributed by atoms with Crippen LogP contribution in [0.15, 0.2) is 36.9 Å². The summed E-state index contributed by atoms with van der Waals surface area (Å²) in [7, 11) is 1.36. The number of hydrogen-bond acceptors (Lipinski definition) is 5. The number of carbonyl (C=O) groups is 1. The summed E-state index contributed by atoms with van der Waals surface area (Å²) in [5.41, 5.74) is 2.76. The van der Waals surface area contributed by atoms with Crippen molar-refractivity contribution in [1.82, 2.24) is 19.5 Å². The molecular formula is C14H11ClN4O2. The highest BCUT2D eigenvalue weighted by atomic mass is 35.5. The molecule has 0 saturated carbocycles. The maximum Gasteiger partial charge on any atom is 0.337 e. The third-order valence-corrected chi connectivity index (χ3v) is 3.37. The largest absolute Gasteiger partial charge is 0.465 e. The fourth-order valence-corrected chi connectivity index (χ4v) is 2.29. The van der Waals surface area contributed by atoms with Crippen LogP contribution in [-0.2, 0) is 11.3 Å². The number of aromatic nitrogens is 4. The highest BCUT2D eigenvalue weighted by Gasteiger charge is 2.10. The molecule has 0 fully saturated rings. The first-order valence-corrected chi connectivity index (χ1v) is 6.55. The molecule has 0 saturated heterocycles. The molecule has 2 heterocycles. The molecule has 0 aliphatic rings. The van der Waals surface area contributed by atoms with E-state index in [9.17, 15) is 4.79 Å². The Morgan fingerprint density at radius 1 is 1.24 bits per heavy atom. The number of fused-ring (bicyclic) bond motifs is 1. The third kappa shape index (κ3) is 2.57. The van der Waals surface area contributed by atoms with E-state index in [1.54, 1.807) is 18.5 Å². The Bertz CT molecular complexity index is 798. The smallest absolute Gasteiger partial charge is 0.337 e. The number of methoxy groups -OCH3 is 1. The number of rotatable bonds is 3. The molecule has 3 aromatic rings. The molecule has 0 unspecified atom stereocenters. The van der Waals surface area contributed by atoms with Gasteiger partial charge in [0.2, 0.25) is 0 Å². The summed E-state index contributed by atoms with van der Waals surface area (Å²) in [4.78, 5) is 23.6. The van der Waals surface area contributed by atoms with Gasteiger partial charge in [-0.25, -0.2) is 19.7 Å². The van der Waals surface area contributed by atoms with Gasteiger partial charge in [-0.2, -0.15) is 0 Å². The van der Waals surface area contributed by atoms with Crippen LogP contribution in [0.5, 0.6) is 0 Å². The van der Waals surface area contributed by atoms with Gasteiger partial charge in [0.1, 0.15) is 11.8 Å². The third-order valence-electron chi connectivity index (χ3n) is 3.09. The summed E-state index contributed by atoms with van der Waals surface area (Å²) in [5, 5.41) is 0.365. The number of hydrogen-bond donors (Lipinski definition) is 0. The van der Waals surface area contributed by atoms with E-state index < -0.39 is 0 Å². The molecule has 0 radical (unpaired) electrons. The van der Waals surface area contributed by atoms with Crippen LogP contribution in [0.25, 0.3) is 11.2 Å². The molecule has 21 heavy (non-hydrogen) atoms. The number of nitrogens with zero attached hydrogens (tertiary/aromatic N) is 4. The summed E-state index contributed by atoms with van der Waals surface area (Å²) < 4.78 is 6.53. The molecule has 0 bridgehead atoms. The Kier molecular flexibility index (Phi) is 3.53. The summed E-state index contributed by atoms with van der Waals surface area (Å²) in [5.74, 6) is -0.355. The lowest BCUT2D eigenvalue weighted by Gasteiger charge is -2.06.